The van der Waals surface area contributed by atoms with E-state index in [0.29, 0.717) is 11.5 Å². The number of nitrogens with zero attached hydrogens (tertiary/aromatic N) is 1. The van der Waals surface area contributed by atoms with E-state index < -0.39 is 0 Å². The Morgan fingerprint density at radius 3 is 3.00 bits per heavy atom. The molecule has 3 nitrogen and oxygen atoms in total. The Bertz CT molecular complexity index is 331. The van der Waals surface area contributed by atoms with E-state index in [1.807, 2.05) is 0 Å². The van der Waals surface area contributed by atoms with E-state index in [2.05, 4.69) is 9.72 Å². The van der Waals surface area contributed by atoms with Crippen molar-refractivity contribution >= 4 is 5.97 Å². The summed E-state index contributed by atoms with van der Waals surface area (Å²) in [6.45, 7) is 0. The number of pyridine rings is 1. The third-order valence-electron chi connectivity index (χ3n) is 2.27. The molecule has 1 aromatic heterocycles. The van der Waals surface area contributed by atoms with E-state index in [1.165, 1.54) is 7.11 Å². The summed E-state index contributed by atoms with van der Waals surface area (Å²) in [5.74, 6) is 0.270. The summed E-state index contributed by atoms with van der Waals surface area (Å²) >= 11 is 0. The fourth-order valence-corrected chi connectivity index (χ4v) is 1.42. The Morgan fingerprint density at radius 1 is 1.62 bits per heavy atom. The third kappa shape index (κ3) is 1.54. The molecule has 1 aliphatic carbocycles. The quantitative estimate of drug-likeness (QED) is 0.646. The molecule has 3 heteroatoms. The number of esters is 1. The zero-order chi connectivity index (χ0) is 9.26. The lowest BCUT2D eigenvalue weighted by Gasteiger charge is -2.04. The van der Waals surface area contributed by atoms with Crippen LogP contribution in [0.15, 0.2) is 18.5 Å². The van der Waals surface area contributed by atoms with Crippen molar-refractivity contribution in [2.45, 2.75) is 18.8 Å². The molecular formula is C10H11NO2. The van der Waals surface area contributed by atoms with Gasteiger partial charge in [-0.05, 0) is 30.4 Å². The highest BCUT2D eigenvalue weighted by Crippen LogP contribution is 2.41. The Morgan fingerprint density at radius 2 is 2.38 bits per heavy atom. The zero-order valence-electron chi connectivity index (χ0n) is 7.49. The first-order valence-electron chi connectivity index (χ1n) is 4.35. The fraction of sp³-hybridized carbons (Fsp3) is 0.400. The van der Waals surface area contributed by atoms with Gasteiger partial charge < -0.3 is 4.74 Å². The van der Waals surface area contributed by atoms with Crippen molar-refractivity contribution < 1.29 is 9.53 Å². The van der Waals surface area contributed by atoms with Crippen LogP contribution < -0.4 is 0 Å². The smallest absolute Gasteiger partial charge is 0.338 e. The van der Waals surface area contributed by atoms with Gasteiger partial charge in [-0.3, -0.25) is 4.98 Å². The molecular weight excluding hydrogens is 166 g/mol. The maximum Gasteiger partial charge on any atom is 0.338 e. The summed E-state index contributed by atoms with van der Waals surface area (Å²) in [5, 5.41) is 0. The second kappa shape index (κ2) is 3.17. The minimum atomic E-state index is -0.260. The Balaban J connectivity index is 2.36. The standard InChI is InChI=1S/C10H11NO2/c1-13-10(12)8-4-5-11-6-9(8)7-2-3-7/h4-7H,2-3H2,1H3. The van der Waals surface area contributed by atoms with Crippen molar-refractivity contribution in [2.75, 3.05) is 7.11 Å². The third-order valence-corrected chi connectivity index (χ3v) is 2.27. The predicted molar refractivity (Wildman–Crippen MR) is 47.6 cm³/mol. The van der Waals surface area contributed by atoms with Crippen LogP contribution in [-0.2, 0) is 4.74 Å². The van der Waals surface area contributed by atoms with Crippen LogP contribution in [0.3, 0.4) is 0 Å². The summed E-state index contributed by atoms with van der Waals surface area (Å²) in [7, 11) is 1.40. The van der Waals surface area contributed by atoms with Crippen LogP contribution in [0, 0.1) is 0 Å². The number of aromatic nitrogens is 1. The highest BCUT2D eigenvalue weighted by Gasteiger charge is 2.28. The molecule has 13 heavy (non-hydrogen) atoms. The molecule has 0 bridgehead atoms. The number of rotatable bonds is 2. The summed E-state index contributed by atoms with van der Waals surface area (Å²) in [5.41, 5.74) is 1.70. The molecule has 1 aromatic rings. The number of carbonyl (C=O) groups excluding carboxylic acids is 1. The zero-order valence-corrected chi connectivity index (χ0v) is 7.49. The van der Waals surface area contributed by atoms with Crippen LogP contribution in [0.2, 0.25) is 0 Å². The average molecular weight is 177 g/mol. The van der Waals surface area contributed by atoms with Gasteiger partial charge in [0.1, 0.15) is 0 Å². The molecule has 0 unspecified atom stereocenters. The van der Waals surface area contributed by atoms with Crippen LogP contribution >= 0.6 is 0 Å². The lowest BCUT2D eigenvalue weighted by atomic mass is 10.1. The summed E-state index contributed by atoms with van der Waals surface area (Å²) in [6, 6.07) is 1.72. The van der Waals surface area contributed by atoms with Gasteiger partial charge in [-0.1, -0.05) is 0 Å². The lowest BCUT2D eigenvalue weighted by molar-refractivity contribution is 0.0599. The molecule has 0 spiro atoms. The van der Waals surface area contributed by atoms with E-state index >= 15 is 0 Å². The highest BCUT2D eigenvalue weighted by atomic mass is 16.5. The molecule has 1 heterocycles. The largest absolute Gasteiger partial charge is 0.465 e. The Hall–Kier alpha value is -1.38. The van der Waals surface area contributed by atoms with Crippen molar-refractivity contribution in [1.82, 2.24) is 4.98 Å². The molecule has 0 saturated heterocycles. The van der Waals surface area contributed by atoms with Crippen LogP contribution in [0.5, 0.6) is 0 Å². The van der Waals surface area contributed by atoms with Crippen LogP contribution in [0.4, 0.5) is 0 Å². The average Bonchev–Trinajstić information content (AvgIpc) is 3.00. The van der Waals surface area contributed by atoms with Crippen molar-refractivity contribution in [2.24, 2.45) is 0 Å². The molecule has 68 valence electrons. The van der Waals surface area contributed by atoms with Crippen molar-refractivity contribution in [3.63, 3.8) is 0 Å². The van der Waals surface area contributed by atoms with Gasteiger partial charge in [0.25, 0.3) is 0 Å². The first-order chi connectivity index (χ1) is 6.33. The Kier molecular flexibility index (Phi) is 2.00. The van der Waals surface area contributed by atoms with Crippen LogP contribution in [0.25, 0.3) is 0 Å². The SMILES string of the molecule is COC(=O)c1ccncc1C1CC1. The molecule has 1 aliphatic rings. The van der Waals surface area contributed by atoms with E-state index in [0.717, 1.165) is 18.4 Å². The number of hydrogen-bond donors (Lipinski definition) is 0. The normalized spacial score (nSPS) is 15.5. The van der Waals surface area contributed by atoms with Crippen molar-refractivity contribution in [3.8, 4) is 0 Å². The molecule has 1 saturated carbocycles. The minimum absolute atomic E-state index is 0.260. The molecule has 1 fully saturated rings. The van der Waals surface area contributed by atoms with Crippen molar-refractivity contribution in [3.05, 3.63) is 29.6 Å². The van der Waals surface area contributed by atoms with Gasteiger partial charge in [0.15, 0.2) is 0 Å². The summed E-state index contributed by atoms with van der Waals surface area (Å²) < 4.78 is 4.69. The first kappa shape index (κ1) is 8.23. The fourth-order valence-electron chi connectivity index (χ4n) is 1.42. The maximum atomic E-state index is 11.3. The molecule has 0 aliphatic heterocycles. The van der Waals surface area contributed by atoms with Gasteiger partial charge in [-0.25, -0.2) is 4.79 Å². The maximum absolute atomic E-state index is 11.3. The molecule has 2 rings (SSSR count). The van der Waals surface area contributed by atoms with Gasteiger partial charge in [-0.2, -0.15) is 0 Å². The molecule has 0 amide bonds. The molecule has 0 aromatic carbocycles. The number of methoxy groups -OCH3 is 1. The van der Waals surface area contributed by atoms with E-state index in [1.54, 1.807) is 18.5 Å². The van der Waals surface area contributed by atoms with Gasteiger partial charge in [-0.15, -0.1) is 0 Å². The van der Waals surface area contributed by atoms with E-state index in [4.69, 9.17) is 0 Å². The minimum Gasteiger partial charge on any atom is -0.465 e. The molecule has 0 atom stereocenters. The second-order valence-corrected chi connectivity index (χ2v) is 3.23. The number of carbonyl (C=O) groups is 1. The van der Waals surface area contributed by atoms with Crippen LogP contribution in [0.1, 0.15) is 34.7 Å². The Labute approximate surface area is 76.7 Å². The van der Waals surface area contributed by atoms with E-state index in [-0.39, 0.29) is 5.97 Å². The number of ether oxygens (including phenoxy) is 1. The topological polar surface area (TPSA) is 39.2 Å². The molecule has 0 N–H and O–H groups in total. The van der Waals surface area contributed by atoms with Gasteiger partial charge in [0.05, 0.1) is 12.7 Å². The predicted octanol–water partition coefficient (Wildman–Crippen LogP) is 1.75. The van der Waals surface area contributed by atoms with Crippen LogP contribution in [-0.4, -0.2) is 18.1 Å². The van der Waals surface area contributed by atoms with Gasteiger partial charge in [0, 0.05) is 12.4 Å². The lowest BCUT2D eigenvalue weighted by Crippen LogP contribution is -2.05. The first-order valence-corrected chi connectivity index (χ1v) is 4.35. The number of hydrogen-bond acceptors (Lipinski definition) is 3. The monoisotopic (exact) mass is 177 g/mol. The van der Waals surface area contributed by atoms with E-state index in [9.17, 15) is 4.79 Å². The summed E-state index contributed by atoms with van der Waals surface area (Å²) in [4.78, 5) is 15.3. The second-order valence-electron chi connectivity index (χ2n) is 3.23. The van der Waals surface area contributed by atoms with Crippen molar-refractivity contribution in [1.29, 1.82) is 0 Å². The summed E-state index contributed by atoms with van der Waals surface area (Å²) in [6.07, 6.45) is 5.72. The molecule has 0 radical (unpaired) electrons. The van der Waals surface area contributed by atoms with Gasteiger partial charge in [0.2, 0.25) is 0 Å². The van der Waals surface area contributed by atoms with Gasteiger partial charge >= 0.3 is 5.97 Å². The highest BCUT2D eigenvalue weighted by molar-refractivity contribution is 5.91.